The molecule has 28 heavy (non-hydrogen) atoms. The van der Waals surface area contributed by atoms with Gasteiger partial charge < -0.3 is 20.1 Å². The van der Waals surface area contributed by atoms with Crippen LogP contribution in [0.2, 0.25) is 10.0 Å². The largest absolute Gasteiger partial charge is 0.482 e. The summed E-state index contributed by atoms with van der Waals surface area (Å²) < 4.78 is 21.6. The molecule has 0 aliphatic carbocycles. The number of aromatic nitrogens is 3. The summed E-state index contributed by atoms with van der Waals surface area (Å²) in [6.07, 6.45) is 2.91. The quantitative estimate of drug-likeness (QED) is 0.619. The molecule has 3 aromatic rings. The summed E-state index contributed by atoms with van der Waals surface area (Å²) >= 11 is 12.2. The molecule has 4 rings (SSSR count). The van der Waals surface area contributed by atoms with E-state index in [-0.39, 0.29) is 10.8 Å². The van der Waals surface area contributed by atoms with E-state index in [1.807, 2.05) is 10.8 Å². The van der Waals surface area contributed by atoms with E-state index in [9.17, 15) is 9.50 Å². The second-order valence-corrected chi connectivity index (χ2v) is 7.46. The molecule has 3 heterocycles. The third kappa shape index (κ3) is 3.41. The Hall–Kier alpha value is -2.35. The van der Waals surface area contributed by atoms with Crippen molar-refractivity contribution >= 4 is 29.0 Å². The van der Waals surface area contributed by atoms with Gasteiger partial charge in [-0.1, -0.05) is 23.2 Å². The Morgan fingerprint density at radius 2 is 2.18 bits per heavy atom. The number of benzene rings is 1. The SMILES string of the molecule is C[C@@H](Oc1cc(-c2cn3c(n2)CC(O)C3)cnc1N)c1c(Cl)ccc(F)c1Cl. The lowest BCUT2D eigenvalue weighted by atomic mass is 10.1. The topological polar surface area (TPSA) is 86.2 Å². The average molecular weight is 423 g/mol. The molecule has 0 fully saturated rings. The first kappa shape index (κ1) is 19.0. The summed E-state index contributed by atoms with van der Waals surface area (Å²) in [4.78, 5) is 8.71. The number of pyridine rings is 1. The van der Waals surface area contributed by atoms with E-state index in [4.69, 9.17) is 33.7 Å². The summed E-state index contributed by atoms with van der Waals surface area (Å²) in [5, 5.41) is 9.90. The van der Waals surface area contributed by atoms with Gasteiger partial charge in [0, 0.05) is 35.0 Å². The molecule has 2 aromatic heterocycles. The molecule has 1 aliphatic rings. The number of imidazole rings is 1. The van der Waals surface area contributed by atoms with E-state index in [1.165, 1.54) is 12.1 Å². The second kappa shape index (κ2) is 7.24. The van der Waals surface area contributed by atoms with E-state index >= 15 is 0 Å². The lowest BCUT2D eigenvalue weighted by molar-refractivity contribution is 0.175. The second-order valence-electron chi connectivity index (χ2n) is 6.68. The van der Waals surface area contributed by atoms with Gasteiger partial charge in [-0.2, -0.15) is 0 Å². The number of anilines is 1. The van der Waals surface area contributed by atoms with Gasteiger partial charge in [0.25, 0.3) is 0 Å². The maximum Gasteiger partial charge on any atom is 0.166 e. The van der Waals surface area contributed by atoms with Crippen molar-refractivity contribution in [1.82, 2.24) is 14.5 Å². The van der Waals surface area contributed by atoms with Crippen LogP contribution in [-0.4, -0.2) is 25.7 Å². The zero-order chi connectivity index (χ0) is 20.0. The van der Waals surface area contributed by atoms with Crippen LogP contribution < -0.4 is 10.5 Å². The van der Waals surface area contributed by atoms with Gasteiger partial charge in [0.05, 0.1) is 23.4 Å². The molecule has 0 saturated heterocycles. The van der Waals surface area contributed by atoms with E-state index in [0.717, 1.165) is 5.82 Å². The van der Waals surface area contributed by atoms with Gasteiger partial charge in [-0.15, -0.1) is 0 Å². The van der Waals surface area contributed by atoms with Crippen molar-refractivity contribution < 1.29 is 14.2 Å². The van der Waals surface area contributed by atoms with E-state index in [1.54, 1.807) is 19.2 Å². The molecule has 1 unspecified atom stereocenters. The number of fused-ring (bicyclic) bond motifs is 1. The number of halogens is 3. The van der Waals surface area contributed by atoms with E-state index in [2.05, 4.69) is 9.97 Å². The maximum atomic E-state index is 13.8. The fourth-order valence-corrected chi connectivity index (χ4v) is 3.95. The molecule has 0 spiro atoms. The van der Waals surface area contributed by atoms with Crippen molar-refractivity contribution in [3.8, 4) is 17.0 Å². The van der Waals surface area contributed by atoms with Crippen molar-refractivity contribution in [2.24, 2.45) is 0 Å². The maximum absolute atomic E-state index is 13.8. The van der Waals surface area contributed by atoms with Crippen molar-refractivity contribution in [3.63, 3.8) is 0 Å². The summed E-state index contributed by atoms with van der Waals surface area (Å²) in [6.45, 7) is 2.22. The Balaban J connectivity index is 1.63. The van der Waals surface area contributed by atoms with Crippen LogP contribution in [0.1, 0.15) is 24.4 Å². The third-order valence-electron chi connectivity index (χ3n) is 4.65. The Labute approximate surface area is 170 Å². The highest BCUT2D eigenvalue weighted by atomic mass is 35.5. The van der Waals surface area contributed by atoms with Gasteiger partial charge in [0.15, 0.2) is 11.6 Å². The van der Waals surface area contributed by atoms with Crippen LogP contribution in [0.4, 0.5) is 10.2 Å². The molecule has 0 saturated carbocycles. The molecule has 3 N–H and O–H groups in total. The van der Waals surface area contributed by atoms with Crippen LogP contribution in [0.3, 0.4) is 0 Å². The first-order chi connectivity index (χ1) is 13.3. The number of rotatable bonds is 4. The molecule has 0 radical (unpaired) electrons. The molecule has 0 bridgehead atoms. The molecule has 1 aromatic carbocycles. The Kier molecular flexibility index (Phi) is 4.91. The molecular weight excluding hydrogens is 406 g/mol. The average Bonchev–Trinajstić information content (AvgIpc) is 3.18. The first-order valence-corrected chi connectivity index (χ1v) is 9.39. The Morgan fingerprint density at radius 1 is 1.39 bits per heavy atom. The minimum atomic E-state index is -0.655. The van der Waals surface area contributed by atoms with Crippen LogP contribution in [0.25, 0.3) is 11.3 Å². The summed E-state index contributed by atoms with van der Waals surface area (Å²) in [7, 11) is 0. The van der Waals surface area contributed by atoms with Crippen molar-refractivity contribution in [2.45, 2.75) is 32.1 Å². The van der Waals surface area contributed by atoms with Gasteiger partial charge >= 0.3 is 0 Å². The van der Waals surface area contributed by atoms with Gasteiger partial charge in [0.2, 0.25) is 0 Å². The van der Waals surface area contributed by atoms with Gasteiger partial charge in [-0.25, -0.2) is 14.4 Å². The van der Waals surface area contributed by atoms with Crippen molar-refractivity contribution in [3.05, 3.63) is 57.8 Å². The number of aliphatic hydroxyl groups is 1. The Bertz CT molecular complexity index is 1030. The molecule has 9 heteroatoms. The lowest BCUT2D eigenvalue weighted by Gasteiger charge is -2.19. The van der Waals surface area contributed by atoms with Crippen LogP contribution in [0.15, 0.2) is 30.6 Å². The number of nitrogens with zero attached hydrogens (tertiary/aromatic N) is 3. The number of hydrogen-bond donors (Lipinski definition) is 2. The third-order valence-corrected chi connectivity index (χ3v) is 5.37. The highest BCUT2D eigenvalue weighted by Gasteiger charge is 2.23. The number of nitrogen functional groups attached to an aromatic ring is 1. The molecule has 1 aliphatic heterocycles. The monoisotopic (exact) mass is 422 g/mol. The van der Waals surface area contributed by atoms with Crippen LogP contribution in [0, 0.1) is 5.82 Å². The lowest BCUT2D eigenvalue weighted by Crippen LogP contribution is -2.08. The number of nitrogens with two attached hydrogens (primary N) is 1. The fraction of sp³-hybridized carbons (Fsp3) is 0.263. The summed E-state index contributed by atoms with van der Waals surface area (Å²) in [6, 6.07) is 4.35. The fourth-order valence-electron chi connectivity index (χ4n) is 3.27. The predicted molar refractivity (Wildman–Crippen MR) is 105 cm³/mol. The minimum Gasteiger partial charge on any atom is -0.482 e. The van der Waals surface area contributed by atoms with Gasteiger partial charge in [-0.3, -0.25) is 0 Å². The highest BCUT2D eigenvalue weighted by molar-refractivity contribution is 6.36. The van der Waals surface area contributed by atoms with Crippen LogP contribution in [-0.2, 0) is 13.0 Å². The van der Waals surface area contributed by atoms with Crippen LogP contribution in [0.5, 0.6) is 5.75 Å². The number of hydrogen-bond acceptors (Lipinski definition) is 5. The standard InChI is InChI=1S/C19H17Cl2FN4O2/c1-9(17-12(20)2-3-13(22)18(17)21)28-15-4-10(6-24-19(15)23)14-8-26-7-11(27)5-16(26)25-14/h2-4,6,8-9,11,27H,5,7H2,1H3,(H2,23,24)/t9-,11?/m1/s1. The summed E-state index contributed by atoms with van der Waals surface area (Å²) in [5.74, 6) is 0.732. The van der Waals surface area contributed by atoms with Gasteiger partial charge in [-0.05, 0) is 25.1 Å². The van der Waals surface area contributed by atoms with Crippen LogP contribution >= 0.6 is 23.2 Å². The van der Waals surface area contributed by atoms with E-state index in [0.29, 0.717) is 40.6 Å². The molecule has 0 amide bonds. The molecule has 2 atom stereocenters. The Morgan fingerprint density at radius 3 is 2.93 bits per heavy atom. The number of aliphatic hydroxyl groups excluding tert-OH is 1. The predicted octanol–water partition coefficient (Wildman–Crippen LogP) is 4.03. The molecule has 146 valence electrons. The van der Waals surface area contributed by atoms with Gasteiger partial charge in [0.1, 0.15) is 17.7 Å². The smallest absolute Gasteiger partial charge is 0.166 e. The van der Waals surface area contributed by atoms with Crippen molar-refractivity contribution in [2.75, 3.05) is 5.73 Å². The first-order valence-electron chi connectivity index (χ1n) is 8.63. The molecular formula is C19H17Cl2FN4O2. The highest BCUT2D eigenvalue weighted by Crippen LogP contribution is 2.37. The molecule has 6 nitrogen and oxygen atoms in total. The zero-order valence-corrected chi connectivity index (χ0v) is 16.4. The minimum absolute atomic E-state index is 0.0910. The van der Waals surface area contributed by atoms with Crippen molar-refractivity contribution in [1.29, 1.82) is 0 Å². The van der Waals surface area contributed by atoms with E-state index < -0.39 is 18.0 Å². The normalized spacial score (nSPS) is 16.8. The summed E-state index contributed by atoms with van der Waals surface area (Å²) in [5.41, 5.74) is 7.71. The zero-order valence-electron chi connectivity index (χ0n) is 14.9. The number of ether oxygens (including phenoxy) is 1.